The number of ether oxygens (including phenoxy) is 2. The third kappa shape index (κ3) is 2.09. The highest BCUT2D eigenvalue weighted by molar-refractivity contribution is 6.06. The van der Waals surface area contributed by atoms with Crippen LogP contribution in [-0.2, 0) is 19.1 Å². The number of esters is 1. The molecule has 1 saturated heterocycles. The molecule has 3 rings (SSSR count). The normalized spacial score (nSPS) is 28.1. The molecule has 3 fully saturated rings. The summed E-state index contributed by atoms with van der Waals surface area (Å²) >= 11 is 0. The Morgan fingerprint density at radius 1 is 1.10 bits per heavy atom. The van der Waals surface area contributed by atoms with Crippen molar-refractivity contribution in [3.8, 4) is 0 Å². The number of carbonyl (C=O) groups excluding carboxylic acids is 2. The number of hydrogen-bond acceptors (Lipinski definition) is 4. The number of ketones is 1. The summed E-state index contributed by atoms with van der Waals surface area (Å²) < 4.78 is 10.4. The first-order valence-electron chi connectivity index (χ1n) is 7.82. The van der Waals surface area contributed by atoms with Crippen LogP contribution in [0, 0.1) is 16.7 Å². The Kier molecular flexibility index (Phi) is 3.61. The molecule has 1 aliphatic heterocycles. The molecule has 112 valence electrons. The van der Waals surface area contributed by atoms with Gasteiger partial charge in [0.1, 0.15) is 5.41 Å². The van der Waals surface area contributed by atoms with Gasteiger partial charge in [0, 0.05) is 19.1 Å². The van der Waals surface area contributed by atoms with Gasteiger partial charge in [0.2, 0.25) is 0 Å². The van der Waals surface area contributed by atoms with Gasteiger partial charge in [-0.15, -0.1) is 0 Å². The summed E-state index contributed by atoms with van der Waals surface area (Å²) in [5, 5.41) is 0. The Hall–Kier alpha value is -0.900. The second-order valence-corrected chi connectivity index (χ2v) is 6.89. The predicted molar refractivity (Wildman–Crippen MR) is 73.1 cm³/mol. The standard InChI is InChI=1S/C16H24O4/c1-19-14(18)16(13(17)12-4-2-3-5-12)10-15(11-16)6-8-20-9-7-15/h12H,2-11H2,1H3. The van der Waals surface area contributed by atoms with Crippen molar-refractivity contribution in [2.24, 2.45) is 16.7 Å². The van der Waals surface area contributed by atoms with Crippen LogP contribution in [0.4, 0.5) is 0 Å². The summed E-state index contributed by atoms with van der Waals surface area (Å²) in [4.78, 5) is 25.1. The van der Waals surface area contributed by atoms with Crippen LogP contribution in [0.1, 0.15) is 51.4 Å². The van der Waals surface area contributed by atoms with Crippen LogP contribution in [-0.4, -0.2) is 32.1 Å². The first-order chi connectivity index (χ1) is 9.62. The Morgan fingerprint density at radius 2 is 1.70 bits per heavy atom. The van der Waals surface area contributed by atoms with Gasteiger partial charge < -0.3 is 9.47 Å². The van der Waals surface area contributed by atoms with E-state index in [4.69, 9.17) is 9.47 Å². The van der Waals surface area contributed by atoms with Gasteiger partial charge in [0.05, 0.1) is 7.11 Å². The van der Waals surface area contributed by atoms with Crippen LogP contribution in [0.2, 0.25) is 0 Å². The van der Waals surface area contributed by atoms with Gasteiger partial charge in [-0.1, -0.05) is 12.8 Å². The maximum atomic E-state index is 12.8. The third-order valence-corrected chi connectivity index (χ3v) is 5.68. The maximum absolute atomic E-state index is 12.8. The molecule has 3 aliphatic rings. The van der Waals surface area contributed by atoms with Crippen LogP contribution in [0.15, 0.2) is 0 Å². The van der Waals surface area contributed by atoms with E-state index < -0.39 is 5.41 Å². The zero-order valence-electron chi connectivity index (χ0n) is 12.3. The molecule has 0 aromatic rings. The highest BCUT2D eigenvalue weighted by Crippen LogP contribution is 2.61. The van der Waals surface area contributed by atoms with Crippen LogP contribution >= 0.6 is 0 Å². The molecular weight excluding hydrogens is 256 g/mol. The van der Waals surface area contributed by atoms with Gasteiger partial charge in [0.25, 0.3) is 0 Å². The molecule has 20 heavy (non-hydrogen) atoms. The number of carbonyl (C=O) groups is 2. The fourth-order valence-corrected chi connectivity index (χ4v) is 4.58. The molecular formula is C16H24O4. The molecule has 0 aromatic carbocycles. The van der Waals surface area contributed by atoms with Crippen LogP contribution < -0.4 is 0 Å². The largest absolute Gasteiger partial charge is 0.468 e. The molecule has 0 N–H and O–H groups in total. The summed E-state index contributed by atoms with van der Waals surface area (Å²) in [5.74, 6) is -0.0447. The first-order valence-corrected chi connectivity index (χ1v) is 7.82. The van der Waals surface area contributed by atoms with Crippen molar-refractivity contribution in [3.63, 3.8) is 0 Å². The van der Waals surface area contributed by atoms with E-state index in [0.29, 0.717) is 12.8 Å². The van der Waals surface area contributed by atoms with Crippen molar-refractivity contribution in [1.82, 2.24) is 0 Å². The summed E-state index contributed by atoms with van der Waals surface area (Å²) in [7, 11) is 1.40. The molecule has 0 bridgehead atoms. The number of hydrogen-bond donors (Lipinski definition) is 0. The minimum atomic E-state index is -0.832. The highest BCUT2D eigenvalue weighted by Gasteiger charge is 2.64. The number of rotatable bonds is 3. The Labute approximate surface area is 120 Å². The monoisotopic (exact) mass is 280 g/mol. The summed E-state index contributed by atoms with van der Waals surface area (Å²) in [5.41, 5.74) is -0.679. The molecule has 0 amide bonds. The van der Waals surface area contributed by atoms with Gasteiger partial charge in [-0.2, -0.15) is 0 Å². The smallest absolute Gasteiger partial charge is 0.319 e. The van der Waals surface area contributed by atoms with E-state index in [0.717, 1.165) is 51.7 Å². The molecule has 0 atom stereocenters. The van der Waals surface area contributed by atoms with Gasteiger partial charge in [-0.05, 0) is 43.9 Å². The van der Waals surface area contributed by atoms with Crippen LogP contribution in [0.5, 0.6) is 0 Å². The quantitative estimate of drug-likeness (QED) is 0.589. The second kappa shape index (κ2) is 5.14. The molecule has 1 spiro atoms. The predicted octanol–water partition coefficient (Wildman–Crippen LogP) is 2.50. The molecule has 4 nitrogen and oxygen atoms in total. The van der Waals surface area contributed by atoms with Crippen LogP contribution in [0.3, 0.4) is 0 Å². The van der Waals surface area contributed by atoms with Crippen molar-refractivity contribution in [1.29, 1.82) is 0 Å². The fourth-order valence-electron chi connectivity index (χ4n) is 4.58. The van der Waals surface area contributed by atoms with Crippen molar-refractivity contribution in [2.75, 3.05) is 20.3 Å². The van der Waals surface area contributed by atoms with Gasteiger partial charge in [0.15, 0.2) is 5.78 Å². The highest BCUT2D eigenvalue weighted by atomic mass is 16.5. The summed E-state index contributed by atoms with van der Waals surface area (Å²) in [6.07, 6.45) is 7.46. The SMILES string of the molecule is COC(=O)C1(C(=O)C2CCCC2)CC2(CCOCC2)C1. The average Bonchev–Trinajstić information content (AvgIpc) is 2.97. The molecule has 0 aromatic heterocycles. The molecule has 2 saturated carbocycles. The van der Waals surface area contributed by atoms with E-state index in [9.17, 15) is 9.59 Å². The minimum Gasteiger partial charge on any atom is -0.468 e. The maximum Gasteiger partial charge on any atom is 0.319 e. The van der Waals surface area contributed by atoms with Gasteiger partial charge in [-0.25, -0.2) is 0 Å². The van der Waals surface area contributed by atoms with Gasteiger partial charge >= 0.3 is 5.97 Å². The Balaban J connectivity index is 1.77. The number of Topliss-reactive ketones (excluding diaryl/α,β-unsaturated/α-hetero) is 1. The zero-order chi connectivity index (χ0) is 14.2. The third-order valence-electron chi connectivity index (χ3n) is 5.68. The van der Waals surface area contributed by atoms with E-state index in [1.165, 1.54) is 7.11 Å². The van der Waals surface area contributed by atoms with Crippen molar-refractivity contribution in [2.45, 2.75) is 51.4 Å². The molecule has 2 aliphatic carbocycles. The van der Waals surface area contributed by atoms with Crippen molar-refractivity contribution >= 4 is 11.8 Å². The second-order valence-electron chi connectivity index (χ2n) is 6.89. The lowest BCUT2D eigenvalue weighted by molar-refractivity contribution is -0.184. The summed E-state index contributed by atoms with van der Waals surface area (Å²) in [6.45, 7) is 1.52. The Morgan fingerprint density at radius 3 is 2.25 bits per heavy atom. The molecule has 4 heteroatoms. The number of methoxy groups -OCH3 is 1. The fraction of sp³-hybridized carbons (Fsp3) is 0.875. The molecule has 1 heterocycles. The Bertz CT molecular complexity index is 395. The van der Waals surface area contributed by atoms with Crippen LogP contribution in [0.25, 0.3) is 0 Å². The lowest BCUT2D eigenvalue weighted by Gasteiger charge is -2.55. The molecule has 0 radical (unpaired) electrons. The van der Waals surface area contributed by atoms with Crippen molar-refractivity contribution < 1.29 is 19.1 Å². The van der Waals surface area contributed by atoms with E-state index in [-0.39, 0.29) is 23.1 Å². The lowest BCUT2D eigenvalue weighted by Crippen LogP contribution is -2.59. The topological polar surface area (TPSA) is 52.6 Å². The lowest BCUT2D eigenvalue weighted by atomic mass is 9.47. The van der Waals surface area contributed by atoms with Crippen molar-refractivity contribution in [3.05, 3.63) is 0 Å². The molecule has 0 unspecified atom stereocenters. The van der Waals surface area contributed by atoms with Gasteiger partial charge in [-0.3, -0.25) is 9.59 Å². The minimum absolute atomic E-state index is 0.0892. The first kappa shape index (κ1) is 14.1. The van der Waals surface area contributed by atoms with E-state index in [2.05, 4.69) is 0 Å². The average molecular weight is 280 g/mol. The zero-order valence-corrected chi connectivity index (χ0v) is 12.3. The summed E-state index contributed by atoms with van der Waals surface area (Å²) in [6, 6.07) is 0. The van der Waals surface area contributed by atoms with E-state index >= 15 is 0 Å². The van der Waals surface area contributed by atoms with E-state index in [1.807, 2.05) is 0 Å². The van der Waals surface area contributed by atoms with E-state index in [1.54, 1.807) is 0 Å².